The number of halogens is 2. The van der Waals surface area contributed by atoms with Crippen LogP contribution in [0.5, 0.6) is 0 Å². The highest BCUT2D eigenvalue weighted by molar-refractivity contribution is 7.92. The van der Waals surface area contributed by atoms with E-state index in [-0.39, 0.29) is 22.6 Å². The lowest BCUT2D eigenvalue weighted by molar-refractivity contribution is 0.0950. The van der Waals surface area contributed by atoms with E-state index in [9.17, 15) is 22.0 Å². The van der Waals surface area contributed by atoms with Crippen molar-refractivity contribution in [1.29, 1.82) is 0 Å². The molecule has 0 atom stereocenters. The topological polar surface area (TPSA) is 88.2 Å². The van der Waals surface area contributed by atoms with Crippen molar-refractivity contribution in [3.8, 4) is 0 Å². The standard InChI is InChI=1S/C19H15F2N3O3S/c20-15-9-13(10-16(21)11-15)12-23-19(25)14-1-3-18(4-2-14)28(26,27)24-17-5-7-22-8-6-17/h1-11H,12H2,(H,22,24)(H,23,25). The molecule has 0 saturated carbocycles. The maximum absolute atomic E-state index is 13.2. The van der Waals surface area contributed by atoms with E-state index in [1.54, 1.807) is 0 Å². The molecule has 2 N–H and O–H groups in total. The lowest BCUT2D eigenvalue weighted by Crippen LogP contribution is -2.23. The summed E-state index contributed by atoms with van der Waals surface area (Å²) in [4.78, 5) is 16.0. The van der Waals surface area contributed by atoms with E-state index in [2.05, 4.69) is 15.0 Å². The molecule has 0 saturated heterocycles. The molecule has 0 fully saturated rings. The number of hydrogen-bond acceptors (Lipinski definition) is 4. The van der Waals surface area contributed by atoms with Gasteiger partial charge >= 0.3 is 0 Å². The zero-order valence-corrected chi connectivity index (χ0v) is 15.2. The summed E-state index contributed by atoms with van der Waals surface area (Å²) in [6.45, 7) is -0.0723. The van der Waals surface area contributed by atoms with Gasteiger partial charge in [-0.05, 0) is 54.1 Å². The fraction of sp³-hybridized carbons (Fsp3) is 0.0526. The Kier molecular flexibility index (Phi) is 5.65. The van der Waals surface area contributed by atoms with Gasteiger partial charge in [0.05, 0.1) is 10.6 Å². The predicted octanol–water partition coefficient (Wildman–Crippen LogP) is 3.09. The van der Waals surface area contributed by atoms with Crippen LogP contribution in [-0.2, 0) is 16.6 Å². The van der Waals surface area contributed by atoms with Gasteiger partial charge in [-0.15, -0.1) is 0 Å². The minimum atomic E-state index is -3.81. The molecular formula is C19H15F2N3O3S. The predicted molar refractivity (Wildman–Crippen MR) is 99.0 cm³/mol. The molecule has 0 spiro atoms. The summed E-state index contributed by atoms with van der Waals surface area (Å²) in [5.74, 6) is -1.98. The lowest BCUT2D eigenvalue weighted by Gasteiger charge is -2.09. The Morgan fingerprint density at radius 1 is 0.929 bits per heavy atom. The molecule has 1 amide bonds. The summed E-state index contributed by atoms with van der Waals surface area (Å²) >= 11 is 0. The summed E-state index contributed by atoms with van der Waals surface area (Å²) in [5.41, 5.74) is 0.838. The van der Waals surface area contributed by atoms with Gasteiger partial charge in [0.1, 0.15) is 11.6 Å². The molecule has 1 heterocycles. The monoisotopic (exact) mass is 403 g/mol. The first kappa shape index (κ1) is 19.4. The Hall–Kier alpha value is -3.33. The van der Waals surface area contributed by atoms with Gasteiger partial charge in [0.2, 0.25) is 0 Å². The first-order valence-corrected chi connectivity index (χ1v) is 9.58. The number of carbonyl (C=O) groups excluding carboxylic acids is 1. The third-order valence-electron chi connectivity index (χ3n) is 3.73. The van der Waals surface area contributed by atoms with Gasteiger partial charge in [-0.2, -0.15) is 0 Å². The number of pyridine rings is 1. The lowest BCUT2D eigenvalue weighted by atomic mass is 10.2. The Morgan fingerprint density at radius 2 is 1.54 bits per heavy atom. The van der Waals surface area contributed by atoms with Crippen LogP contribution in [0.15, 0.2) is 71.9 Å². The molecule has 0 aliphatic carbocycles. The molecule has 1 aromatic heterocycles. The van der Waals surface area contributed by atoms with E-state index in [4.69, 9.17) is 0 Å². The third-order valence-corrected chi connectivity index (χ3v) is 5.13. The first-order chi connectivity index (χ1) is 13.3. The Balaban J connectivity index is 1.67. The van der Waals surface area contributed by atoms with Crippen LogP contribution in [0.2, 0.25) is 0 Å². The van der Waals surface area contributed by atoms with Crippen molar-refractivity contribution in [2.24, 2.45) is 0 Å². The third kappa shape index (κ3) is 4.89. The number of nitrogens with zero attached hydrogens (tertiary/aromatic N) is 1. The number of sulfonamides is 1. The maximum atomic E-state index is 13.2. The molecule has 6 nitrogen and oxygen atoms in total. The van der Waals surface area contributed by atoms with E-state index >= 15 is 0 Å². The quantitative estimate of drug-likeness (QED) is 0.662. The SMILES string of the molecule is O=C(NCc1cc(F)cc(F)c1)c1ccc(S(=O)(=O)Nc2ccncc2)cc1. The molecule has 144 valence electrons. The molecule has 3 aromatic rings. The van der Waals surface area contributed by atoms with Crippen LogP contribution in [0.25, 0.3) is 0 Å². The van der Waals surface area contributed by atoms with Gasteiger partial charge in [0.15, 0.2) is 0 Å². The molecular weight excluding hydrogens is 388 g/mol. The number of hydrogen-bond donors (Lipinski definition) is 2. The normalized spacial score (nSPS) is 11.1. The summed E-state index contributed by atoms with van der Waals surface area (Å²) < 4.78 is 53.4. The minimum absolute atomic E-state index is 0.0203. The van der Waals surface area contributed by atoms with Crippen LogP contribution in [0.4, 0.5) is 14.5 Å². The fourth-order valence-electron chi connectivity index (χ4n) is 2.42. The van der Waals surface area contributed by atoms with Gasteiger partial charge in [0, 0.05) is 30.6 Å². The number of carbonyl (C=O) groups is 1. The molecule has 0 bridgehead atoms. The zero-order valence-electron chi connectivity index (χ0n) is 14.4. The van der Waals surface area contributed by atoms with Crippen LogP contribution < -0.4 is 10.0 Å². The first-order valence-electron chi connectivity index (χ1n) is 8.09. The van der Waals surface area contributed by atoms with Crippen LogP contribution >= 0.6 is 0 Å². The van der Waals surface area contributed by atoms with Gasteiger partial charge in [0.25, 0.3) is 15.9 Å². The number of anilines is 1. The molecule has 0 aliphatic rings. The molecule has 0 radical (unpaired) electrons. The van der Waals surface area contributed by atoms with Crippen molar-refractivity contribution in [3.63, 3.8) is 0 Å². The number of nitrogens with one attached hydrogen (secondary N) is 2. The highest BCUT2D eigenvalue weighted by atomic mass is 32.2. The highest BCUT2D eigenvalue weighted by Crippen LogP contribution is 2.16. The second kappa shape index (κ2) is 8.13. The van der Waals surface area contributed by atoms with Crippen molar-refractivity contribution in [1.82, 2.24) is 10.3 Å². The minimum Gasteiger partial charge on any atom is -0.348 e. The molecule has 9 heteroatoms. The average Bonchev–Trinajstić information content (AvgIpc) is 2.66. The van der Waals surface area contributed by atoms with Gasteiger partial charge < -0.3 is 5.32 Å². The fourth-order valence-corrected chi connectivity index (χ4v) is 3.48. The van der Waals surface area contributed by atoms with Crippen molar-refractivity contribution >= 4 is 21.6 Å². The number of amides is 1. The zero-order chi connectivity index (χ0) is 20.1. The van der Waals surface area contributed by atoms with Crippen LogP contribution in [0.3, 0.4) is 0 Å². The largest absolute Gasteiger partial charge is 0.348 e. The van der Waals surface area contributed by atoms with Crippen molar-refractivity contribution in [2.75, 3.05) is 4.72 Å². The number of aromatic nitrogens is 1. The Morgan fingerprint density at radius 3 is 2.14 bits per heavy atom. The average molecular weight is 403 g/mol. The van der Waals surface area contributed by atoms with Gasteiger partial charge in [-0.3, -0.25) is 14.5 Å². The van der Waals surface area contributed by atoms with E-state index in [1.165, 1.54) is 48.8 Å². The summed E-state index contributed by atoms with van der Waals surface area (Å²) in [6, 6.07) is 11.3. The number of rotatable bonds is 6. The Bertz CT molecular complexity index is 1070. The molecule has 0 unspecified atom stereocenters. The van der Waals surface area contributed by atoms with Gasteiger partial charge in [-0.25, -0.2) is 17.2 Å². The smallest absolute Gasteiger partial charge is 0.261 e. The van der Waals surface area contributed by atoms with Crippen molar-refractivity contribution < 1.29 is 22.0 Å². The Labute approximate surface area is 160 Å². The van der Waals surface area contributed by atoms with E-state index in [0.717, 1.165) is 18.2 Å². The molecule has 0 aliphatic heterocycles. The van der Waals surface area contributed by atoms with E-state index < -0.39 is 27.6 Å². The van der Waals surface area contributed by atoms with Crippen LogP contribution in [0.1, 0.15) is 15.9 Å². The second-order valence-electron chi connectivity index (χ2n) is 5.83. The summed E-state index contributed by atoms with van der Waals surface area (Å²) in [6.07, 6.45) is 2.91. The van der Waals surface area contributed by atoms with Gasteiger partial charge in [-0.1, -0.05) is 0 Å². The van der Waals surface area contributed by atoms with Crippen molar-refractivity contribution in [2.45, 2.75) is 11.4 Å². The number of benzene rings is 2. The summed E-state index contributed by atoms with van der Waals surface area (Å²) in [5, 5.41) is 2.52. The molecule has 28 heavy (non-hydrogen) atoms. The van der Waals surface area contributed by atoms with Crippen LogP contribution in [-0.4, -0.2) is 19.3 Å². The van der Waals surface area contributed by atoms with E-state index in [1.807, 2.05) is 0 Å². The van der Waals surface area contributed by atoms with Crippen LogP contribution in [0, 0.1) is 11.6 Å². The molecule has 3 rings (SSSR count). The maximum Gasteiger partial charge on any atom is 0.261 e. The van der Waals surface area contributed by atoms with E-state index in [0.29, 0.717) is 5.69 Å². The summed E-state index contributed by atoms with van der Waals surface area (Å²) in [7, 11) is -3.81. The molecule has 2 aromatic carbocycles. The van der Waals surface area contributed by atoms with Crippen molar-refractivity contribution in [3.05, 3.63) is 89.8 Å². The second-order valence-corrected chi connectivity index (χ2v) is 7.51. The highest BCUT2D eigenvalue weighted by Gasteiger charge is 2.15.